The van der Waals surface area contributed by atoms with E-state index in [4.69, 9.17) is 22.9 Å². The standard InChI is InChI=1S/C31H25FN10S2.C28H22N12S2/c1-18-8-6-9-19(16-18)26-37-28(33)41-30(39-26)35-22-12-2-4-14-24(22)43-44-25-15-5-3-13-23(25)36-31-40-27(38-29(34)42-31)20-10-7-11-21(32)17-20;29-25-35-23(19-11-5-7-15-31-19)37-27(39-25)33-17-9-1-3-13-21(17)41-42-22-14-4-2-10-18(22)34-28-38-24(36-26(30)40-28)20-12-6-8-16-32-20/h2-17H,1H3,(H3,33,35,37,39,41)(H3,34,36,38,40,42);1-16H,(H3,29,33,35,37,39)(H3,30,34,36,38,40). The number of rotatable bonds is 18. The van der Waals surface area contributed by atoms with Crippen LogP contribution in [0.25, 0.3) is 45.8 Å². The summed E-state index contributed by atoms with van der Waals surface area (Å²) in [6.07, 6.45) is 3.35. The second-order valence-electron chi connectivity index (χ2n) is 18.0. The number of nitrogens with two attached hydrogens (primary N) is 4. The number of aromatic nitrogens is 14. The first kappa shape index (κ1) is 57.2. The molecule has 0 aliphatic heterocycles. The van der Waals surface area contributed by atoms with Crippen LogP contribution in [0.1, 0.15) is 5.56 Å². The number of anilines is 12. The molecule has 0 radical (unpaired) electrons. The van der Waals surface area contributed by atoms with Gasteiger partial charge in [-0.25, -0.2) is 4.39 Å². The molecule has 0 unspecified atom stereocenters. The van der Waals surface area contributed by atoms with Gasteiger partial charge in [0.05, 0.1) is 22.7 Å². The number of benzene rings is 6. The van der Waals surface area contributed by atoms with Gasteiger partial charge in [0.15, 0.2) is 23.3 Å². The molecule has 6 aromatic carbocycles. The van der Waals surface area contributed by atoms with E-state index in [1.807, 2.05) is 165 Å². The van der Waals surface area contributed by atoms with Gasteiger partial charge in [-0.15, -0.1) is 0 Å². The van der Waals surface area contributed by atoms with Crippen LogP contribution in [-0.4, -0.2) is 69.8 Å². The number of pyridine rings is 2. The average Bonchev–Trinajstić information content (AvgIpc) is 3.72. The molecule has 0 aliphatic rings. The summed E-state index contributed by atoms with van der Waals surface area (Å²) in [5, 5.41) is 13.1. The molecule has 0 aliphatic carbocycles. The van der Waals surface area contributed by atoms with Crippen molar-refractivity contribution in [2.24, 2.45) is 0 Å². The van der Waals surface area contributed by atoms with Crippen molar-refractivity contribution >= 4 is 114 Å². The fourth-order valence-electron chi connectivity index (χ4n) is 7.91. The molecule has 0 saturated heterocycles. The number of nitrogen functional groups attached to an aromatic ring is 4. The van der Waals surface area contributed by atoms with Gasteiger partial charge in [-0.05, 0) is 97.9 Å². The summed E-state index contributed by atoms with van der Waals surface area (Å²) in [5.74, 6) is 2.69. The van der Waals surface area contributed by atoms with E-state index < -0.39 is 5.82 Å². The van der Waals surface area contributed by atoms with Crippen molar-refractivity contribution in [3.05, 3.63) is 206 Å². The lowest BCUT2D eigenvalue weighted by Gasteiger charge is -2.13. The molecule has 0 atom stereocenters. The van der Waals surface area contributed by atoms with Crippen LogP contribution in [0.3, 0.4) is 0 Å². The lowest BCUT2D eigenvalue weighted by molar-refractivity contribution is 0.628. The molecule has 424 valence electrons. The molecule has 0 bridgehead atoms. The van der Waals surface area contributed by atoms with Crippen LogP contribution in [0.4, 0.5) is 74.7 Å². The fraction of sp³-hybridized carbons (Fsp3) is 0.0169. The van der Waals surface area contributed by atoms with E-state index in [2.05, 4.69) is 91.0 Å². The van der Waals surface area contributed by atoms with Crippen molar-refractivity contribution in [1.29, 1.82) is 0 Å². The Hall–Kier alpha value is -10.6. The zero-order chi connectivity index (χ0) is 59.2. The maximum atomic E-state index is 13.8. The second-order valence-corrected chi connectivity index (χ2v) is 22.4. The number of hydrogen-bond donors (Lipinski definition) is 8. The lowest BCUT2D eigenvalue weighted by Crippen LogP contribution is -2.06. The van der Waals surface area contributed by atoms with E-state index in [9.17, 15) is 4.39 Å². The van der Waals surface area contributed by atoms with Gasteiger partial charge in [0.2, 0.25) is 47.6 Å². The predicted molar refractivity (Wildman–Crippen MR) is 341 cm³/mol. The quantitative estimate of drug-likeness (QED) is 0.0370. The monoisotopic (exact) mass is 1210 g/mol. The highest BCUT2D eigenvalue weighted by atomic mass is 33.1. The van der Waals surface area contributed by atoms with Crippen molar-refractivity contribution in [3.63, 3.8) is 0 Å². The smallest absolute Gasteiger partial charge is 0.232 e. The van der Waals surface area contributed by atoms with Gasteiger partial charge in [0.1, 0.15) is 17.2 Å². The van der Waals surface area contributed by atoms with E-state index in [1.165, 1.54) is 22.9 Å². The molecule has 22 nitrogen and oxygen atoms in total. The Labute approximate surface area is 507 Å². The van der Waals surface area contributed by atoms with Gasteiger partial charge in [-0.1, -0.05) is 140 Å². The SMILES string of the molecule is Cc1cccc(-c2nc(N)nc(Nc3ccccc3SSc3ccccc3Nc3nc(N)nc(-c4cccc(F)c4)n3)n2)c1.Nc1nc(Nc2ccccc2SSc2ccccc2Nc2nc(N)nc(-c3ccccn3)n2)nc(-c2ccccn2)n1. The summed E-state index contributed by atoms with van der Waals surface area (Å²) >= 11 is 0. The molecule has 0 saturated carbocycles. The first-order valence-electron chi connectivity index (χ1n) is 25.9. The molecule has 12 rings (SSSR count). The van der Waals surface area contributed by atoms with Crippen LogP contribution < -0.4 is 44.2 Å². The highest BCUT2D eigenvalue weighted by Gasteiger charge is 2.17. The van der Waals surface area contributed by atoms with Gasteiger partial charge < -0.3 is 44.2 Å². The maximum Gasteiger partial charge on any atom is 0.232 e. The molecule has 12 aromatic rings. The van der Waals surface area contributed by atoms with E-state index in [0.717, 1.165) is 53.5 Å². The third-order valence-electron chi connectivity index (χ3n) is 11.7. The van der Waals surface area contributed by atoms with Crippen LogP contribution in [0.2, 0.25) is 0 Å². The Bertz CT molecular complexity index is 4060. The zero-order valence-electron chi connectivity index (χ0n) is 45.1. The van der Waals surface area contributed by atoms with Gasteiger partial charge in [0, 0.05) is 43.1 Å². The lowest BCUT2D eigenvalue weighted by atomic mass is 10.1. The van der Waals surface area contributed by atoms with E-state index in [1.54, 1.807) is 56.9 Å². The molecule has 0 fully saturated rings. The van der Waals surface area contributed by atoms with E-state index >= 15 is 0 Å². The Morgan fingerprint density at radius 1 is 0.326 bits per heavy atom. The molecule has 0 amide bonds. The minimum Gasteiger partial charge on any atom is -0.368 e. The average molecular weight is 1210 g/mol. The summed E-state index contributed by atoms with van der Waals surface area (Å²) < 4.78 is 13.8. The maximum absolute atomic E-state index is 13.8. The Kier molecular flexibility index (Phi) is 18.1. The van der Waals surface area contributed by atoms with Crippen molar-refractivity contribution in [3.8, 4) is 45.8 Å². The van der Waals surface area contributed by atoms with Crippen LogP contribution >= 0.6 is 43.2 Å². The van der Waals surface area contributed by atoms with Crippen molar-refractivity contribution in [2.45, 2.75) is 26.5 Å². The first-order valence-corrected chi connectivity index (χ1v) is 30.2. The number of nitrogens with one attached hydrogen (secondary N) is 4. The summed E-state index contributed by atoms with van der Waals surface area (Å²) in [7, 11) is 6.21. The molecule has 6 aromatic heterocycles. The van der Waals surface area contributed by atoms with E-state index in [-0.39, 0.29) is 35.6 Å². The molecule has 86 heavy (non-hydrogen) atoms. The van der Waals surface area contributed by atoms with Crippen LogP contribution in [0.15, 0.2) is 214 Å². The van der Waals surface area contributed by atoms with Crippen molar-refractivity contribution in [1.82, 2.24) is 69.8 Å². The third-order valence-corrected chi connectivity index (χ3v) is 16.7. The zero-order valence-corrected chi connectivity index (χ0v) is 48.3. The highest BCUT2D eigenvalue weighted by molar-refractivity contribution is 8.77. The Balaban J connectivity index is 0.000000179. The fourth-order valence-corrected chi connectivity index (χ4v) is 12.5. The van der Waals surface area contributed by atoms with Crippen LogP contribution in [-0.2, 0) is 0 Å². The topological polar surface area (TPSA) is 333 Å². The second kappa shape index (κ2) is 27.2. The number of para-hydroxylation sites is 4. The van der Waals surface area contributed by atoms with Crippen molar-refractivity contribution < 1.29 is 4.39 Å². The Morgan fingerprint density at radius 2 is 0.651 bits per heavy atom. The minimum atomic E-state index is -0.393. The Morgan fingerprint density at radius 3 is 1.00 bits per heavy atom. The predicted octanol–water partition coefficient (Wildman–Crippen LogP) is 12.9. The highest BCUT2D eigenvalue weighted by Crippen LogP contribution is 2.46. The van der Waals surface area contributed by atoms with Crippen molar-refractivity contribution in [2.75, 3.05) is 44.2 Å². The van der Waals surface area contributed by atoms with Crippen LogP contribution in [0, 0.1) is 12.7 Å². The van der Waals surface area contributed by atoms with Crippen LogP contribution in [0.5, 0.6) is 0 Å². The molecular formula is C59H47FN22S4. The number of nitrogens with zero attached hydrogens (tertiary/aromatic N) is 14. The van der Waals surface area contributed by atoms with Gasteiger partial charge in [-0.3, -0.25) is 9.97 Å². The largest absolute Gasteiger partial charge is 0.368 e. The summed E-state index contributed by atoms with van der Waals surface area (Å²) in [4.78, 5) is 64.5. The number of halogens is 1. The molecule has 6 heterocycles. The molecule has 12 N–H and O–H groups in total. The van der Waals surface area contributed by atoms with Gasteiger partial charge in [0.25, 0.3) is 0 Å². The molecular weight excluding hydrogens is 1160 g/mol. The molecule has 0 spiro atoms. The summed E-state index contributed by atoms with van der Waals surface area (Å²) in [5.41, 5.74) is 30.8. The van der Waals surface area contributed by atoms with Gasteiger partial charge in [-0.2, -0.15) is 59.8 Å². The third kappa shape index (κ3) is 15.1. The normalized spacial score (nSPS) is 10.8. The summed E-state index contributed by atoms with van der Waals surface area (Å²) in [6.45, 7) is 2.01. The van der Waals surface area contributed by atoms with Gasteiger partial charge >= 0.3 is 0 Å². The number of aryl methyl sites for hydroxylation is 1. The number of hydrogen-bond acceptors (Lipinski definition) is 26. The molecule has 27 heteroatoms. The van der Waals surface area contributed by atoms with E-state index in [0.29, 0.717) is 52.3 Å². The minimum absolute atomic E-state index is 0.0193. The first-order chi connectivity index (χ1) is 42.0. The summed E-state index contributed by atoms with van der Waals surface area (Å²) in [6, 6.07) is 56.2.